The Hall–Kier alpha value is -0.100. The Morgan fingerprint density at radius 3 is 2.00 bits per heavy atom. The van der Waals surface area contributed by atoms with Crippen LogP contribution in [0.1, 0.15) is 13.8 Å². The Morgan fingerprint density at radius 2 is 1.73 bits per heavy atom. The highest BCUT2D eigenvalue weighted by molar-refractivity contribution is 7.52. The van der Waals surface area contributed by atoms with E-state index in [1.807, 2.05) is 0 Å². The predicted molar refractivity (Wildman–Crippen MR) is 50.2 cm³/mol. The monoisotopic (exact) mass is 267 g/mol. The number of alkyl halides is 3. The van der Waals surface area contributed by atoms with Crippen molar-refractivity contribution in [2.24, 2.45) is 4.76 Å². The van der Waals surface area contributed by atoms with E-state index in [-0.39, 0.29) is 13.2 Å². The molecule has 0 heterocycles. The number of hydrogen-bond donors (Lipinski definition) is 0. The quantitative estimate of drug-likeness (QED) is 0.567. The summed E-state index contributed by atoms with van der Waals surface area (Å²) < 4.78 is 59.1. The van der Waals surface area contributed by atoms with E-state index in [1.54, 1.807) is 0 Å². The molecule has 0 aromatic carbocycles. The van der Waals surface area contributed by atoms with E-state index in [9.17, 15) is 17.7 Å². The summed E-state index contributed by atoms with van der Waals surface area (Å²) >= 11 is 4.81. The SMILES string of the molecule is CCOP(=O)(/N=C(\Cl)C(F)(F)F)OCC. The van der Waals surface area contributed by atoms with E-state index in [4.69, 9.17) is 11.6 Å². The third kappa shape index (κ3) is 5.51. The van der Waals surface area contributed by atoms with Crippen molar-refractivity contribution in [2.45, 2.75) is 20.0 Å². The first-order valence-electron chi connectivity index (χ1n) is 3.97. The fourth-order valence-electron chi connectivity index (χ4n) is 0.586. The van der Waals surface area contributed by atoms with Crippen LogP contribution >= 0.6 is 19.3 Å². The molecule has 0 N–H and O–H groups in total. The van der Waals surface area contributed by atoms with Crippen molar-refractivity contribution in [1.29, 1.82) is 0 Å². The summed E-state index contributed by atoms with van der Waals surface area (Å²) in [6.07, 6.45) is -4.86. The zero-order valence-electron chi connectivity index (χ0n) is 8.05. The molecule has 0 spiro atoms. The molecule has 0 aromatic heterocycles. The van der Waals surface area contributed by atoms with Crippen molar-refractivity contribution in [1.82, 2.24) is 0 Å². The van der Waals surface area contributed by atoms with Gasteiger partial charge < -0.3 is 0 Å². The van der Waals surface area contributed by atoms with Crippen LogP contribution in [-0.4, -0.2) is 24.6 Å². The number of halogens is 4. The lowest BCUT2D eigenvalue weighted by Gasteiger charge is -2.12. The molecule has 0 unspecified atom stereocenters. The maximum Gasteiger partial charge on any atom is 0.455 e. The molecule has 0 saturated carbocycles. The Kier molecular flexibility index (Phi) is 5.80. The van der Waals surface area contributed by atoms with E-state index < -0.39 is 19.1 Å². The topological polar surface area (TPSA) is 47.9 Å². The van der Waals surface area contributed by atoms with E-state index >= 15 is 0 Å². The summed E-state index contributed by atoms with van der Waals surface area (Å²) in [6, 6.07) is 0. The van der Waals surface area contributed by atoms with Gasteiger partial charge in [-0.3, -0.25) is 9.05 Å². The number of rotatable bonds is 5. The fraction of sp³-hybridized carbons (Fsp3) is 0.833. The van der Waals surface area contributed by atoms with E-state index in [0.29, 0.717) is 0 Å². The van der Waals surface area contributed by atoms with E-state index in [2.05, 4.69) is 13.8 Å². The molecule has 0 amide bonds. The first-order chi connectivity index (χ1) is 6.75. The minimum atomic E-state index is -4.86. The maximum atomic E-state index is 12.0. The summed E-state index contributed by atoms with van der Waals surface area (Å²) in [7, 11) is -4.14. The lowest BCUT2D eigenvalue weighted by Crippen LogP contribution is -2.17. The summed E-state index contributed by atoms with van der Waals surface area (Å²) in [6.45, 7) is 2.71. The van der Waals surface area contributed by atoms with Gasteiger partial charge in [-0.1, -0.05) is 11.6 Å². The minimum absolute atomic E-state index is 0.0944. The standard InChI is InChI=1S/C6H10ClF3NO3P/c1-3-13-15(12,14-4-2)11-5(7)6(8,9)10/h3-4H2,1-2H3/b11-5-. The number of hydrogen-bond acceptors (Lipinski definition) is 3. The molecule has 4 nitrogen and oxygen atoms in total. The van der Waals surface area contributed by atoms with Gasteiger partial charge in [0.05, 0.1) is 13.2 Å². The van der Waals surface area contributed by atoms with Crippen LogP contribution < -0.4 is 0 Å². The van der Waals surface area contributed by atoms with Gasteiger partial charge in [0.2, 0.25) is 5.17 Å². The largest absolute Gasteiger partial charge is 0.455 e. The van der Waals surface area contributed by atoms with Gasteiger partial charge in [0.15, 0.2) is 0 Å². The average Bonchev–Trinajstić information content (AvgIpc) is 2.02. The highest BCUT2D eigenvalue weighted by atomic mass is 35.5. The molecule has 0 rings (SSSR count). The van der Waals surface area contributed by atoms with Gasteiger partial charge in [0.25, 0.3) is 0 Å². The second kappa shape index (κ2) is 5.84. The van der Waals surface area contributed by atoms with E-state index in [0.717, 1.165) is 0 Å². The van der Waals surface area contributed by atoms with Gasteiger partial charge >= 0.3 is 13.9 Å². The smallest absolute Gasteiger partial charge is 0.291 e. The molecule has 0 aliphatic carbocycles. The molecule has 0 aromatic rings. The predicted octanol–water partition coefficient (Wildman–Crippen LogP) is 3.37. The van der Waals surface area contributed by atoms with Crippen LogP contribution in [0, 0.1) is 0 Å². The zero-order chi connectivity index (χ0) is 12.1. The first kappa shape index (κ1) is 14.9. The minimum Gasteiger partial charge on any atom is -0.291 e. The van der Waals surface area contributed by atoms with Crippen molar-refractivity contribution in [3.8, 4) is 0 Å². The fourth-order valence-corrected chi connectivity index (χ4v) is 2.03. The van der Waals surface area contributed by atoms with Crippen molar-refractivity contribution in [3.63, 3.8) is 0 Å². The average molecular weight is 268 g/mol. The third-order valence-electron chi connectivity index (χ3n) is 1.03. The first-order valence-corrected chi connectivity index (χ1v) is 5.84. The Labute approximate surface area is 90.0 Å². The van der Waals surface area contributed by atoms with Crippen LogP contribution in [0.5, 0.6) is 0 Å². The van der Waals surface area contributed by atoms with Crippen molar-refractivity contribution in [2.75, 3.05) is 13.2 Å². The highest BCUT2D eigenvalue weighted by Gasteiger charge is 2.38. The van der Waals surface area contributed by atoms with Gasteiger partial charge in [-0.05, 0) is 13.8 Å². The molecule has 0 atom stereocenters. The molecule has 0 bridgehead atoms. The molecular formula is C6H10ClF3NO3P. The molecule has 0 aliphatic rings. The van der Waals surface area contributed by atoms with Crippen LogP contribution in [0.25, 0.3) is 0 Å². The van der Waals surface area contributed by atoms with Gasteiger partial charge in [0, 0.05) is 0 Å². The number of nitrogens with zero attached hydrogens (tertiary/aromatic N) is 1. The Balaban J connectivity index is 4.89. The van der Waals surface area contributed by atoms with Crippen molar-refractivity contribution in [3.05, 3.63) is 0 Å². The zero-order valence-corrected chi connectivity index (χ0v) is 9.70. The maximum absolute atomic E-state index is 12.0. The van der Waals surface area contributed by atoms with Gasteiger partial charge in [-0.15, -0.1) is 0 Å². The van der Waals surface area contributed by atoms with Gasteiger partial charge in [0.1, 0.15) is 0 Å². The second-order valence-corrected chi connectivity index (χ2v) is 4.20. The summed E-state index contributed by atoms with van der Waals surface area (Å²) in [5.74, 6) is 0. The molecule has 0 fully saturated rings. The summed E-state index contributed by atoms with van der Waals surface area (Å²) in [5, 5.41) is -1.76. The van der Waals surface area contributed by atoms with E-state index in [1.165, 1.54) is 13.8 Å². The lowest BCUT2D eigenvalue weighted by atomic mass is 10.7. The Morgan fingerprint density at radius 1 is 1.33 bits per heavy atom. The van der Waals surface area contributed by atoms with Crippen LogP contribution in [0.4, 0.5) is 13.2 Å². The van der Waals surface area contributed by atoms with Crippen LogP contribution in [0.2, 0.25) is 0 Å². The summed E-state index contributed by atoms with van der Waals surface area (Å²) in [4.78, 5) is 0. The van der Waals surface area contributed by atoms with Crippen LogP contribution in [0.15, 0.2) is 4.76 Å². The molecule has 0 saturated heterocycles. The van der Waals surface area contributed by atoms with Gasteiger partial charge in [-0.25, -0.2) is 4.57 Å². The molecule has 0 radical (unpaired) electrons. The van der Waals surface area contributed by atoms with Crippen molar-refractivity contribution >= 4 is 24.5 Å². The Bertz CT molecular complexity index is 271. The molecule has 15 heavy (non-hydrogen) atoms. The summed E-state index contributed by atoms with van der Waals surface area (Å²) in [5.41, 5.74) is 0. The van der Waals surface area contributed by atoms with Crippen molar-refractivity contribution < 1.29 is 26.8 Å². The normalized spacial score (nSPS) is 14.4. The lowest BCUT2D eigenvalue weighted by molar-refractivity contribution is -0.0559. The van der Waals surface area contributed by atoms with Gasteiger partial charge in [-0.2, -0.15) is 17.9 Å². The second-order valence-electron chi connectivity index (χ2n) is 2.19. The molecular weight excluding hydrogens is 257 g/mol. The third-order valence-corrected chi connectivity index (χ3v) is 3.06. The molecule has 90 valence electrons. The molecule has 0 aliphatic heterocycles. The van der Waals surface area contributed by atoms with Crippen LogP contribution in [0.3, 0.4) is 0 Å². The molecule has 9 heteroatoms. The highest BCUT2D eigenvalue weighted by Crippen LogP contribution is 2.51. The van der Waals surface area contributed by atoms with Crippen LogP contribution in [-0.2, 0) is 13.6 Å².